The number of benzene rings is 2. The maximum atomic E-state index is 12.1. The van der Waals surface area contributed by atoms with Crippen LogP contribution in [0.25, 0.3) is 6.08 Å². The Morgan fingerprint density at radius 3 is 2.40 bits per heavy atom. The van der Waals surface area contributed by atoms with Gasteiger partial charge in [0.1, 0.15) is 11.5 Å². The summed E-state index contributed by atoms with van der Waals surface area (Å²) in [7, 11) is 1.62. The molecule has 25 heavy (non-hydrogen) atoms. The van der Waals surface area contributed by atoms with E-state index in [-0.39, 0.29) is 5.91 Å². The first kappa shape index (κ1) is 17.1. The second-order valence-corrected chi connectivity index (χ2v) is 6.21. The molecule has 0 aliphatic carbocycles. The fourth-order valence-corrected chi connectivity index (χ4v) is 3.07. The van der Waals surface area contributed by atoms with E-state index < -0.39 is 0 Å². The van der Waals surface area contributed by atoms with Gasteiger partial charge in [0.25, 0.3) is 5.91 Å². The van der Waals surface area contributed by atoms with Gasteiger partial charge >= 0.3 is 0 Å². The number of thioether (sulfide) groups is 1. The molecule has 2 aromatic rings. The topological polar surface area (TPSA) is 59.9 Å². The number of carbonyl (C=O) groups is 1. The summed E-state index contributed by atoms with van der Waals surface area (Å²) in [6, 6.07) is 15.0. The number of amidine groups is 1. The summed E-state index contributed by atoms with van der Waals surface area (Å²) < 4.78 is 10.5. The average molecular weight is 354 g/mol. The quantitative estimate of drug-likeness (QED) is 0.825. The Bertz CT molecular complexity index is 812. The second kappa shape index (κ2) is 7.90. The molecule has 2 aromatic carbocycles. The van der Waals surface area contributed by atoms with Crippen molar-refractivity contribution in [2.75, 3.05) is 13.7 Å². The summed E-state index contributed by atoms with van der Waals surface area (Å²) in [6.07, 6.45) is 1.83. The lowest BCUT2D eigenvalue weighted by Gasteiger charge is -2.02. The number of nitrogens with zero attached hydrogens (tertiary/aromatic N) is 1. The normalized spacial score (nSPS) is 17.0. The van der Waals surface area contributed by atoms with Crippen molar-refractivity contribution in [2.45, 2.75) is 6.92 Å². The number of hydrogen-bond acceptors (Lipinski definition) is 5. The van der Waals surface area contributed by atoms with Crippen molar-refractivity contribution in [3.8, 4) is 11.5 Å². The van der Waals surface area contributed by atoms with Crippen LogP contribution in [0.5, 0.6) is 11.5 Å². The Morgan fingerprint density at radius 1 is 1.08 bits per heavy atom. The minimum atomic E-state index is -0.148. The lowest BCUT2D eigenvalue weighted by molar-refractivity contribution is -0.115. The number of aliphatic imine (C=N–C) groups is 1. The molecule has 1 aliphatic rings. The molecule has 0 radical (unpaired) electrons. The molecular formula is C19H18N2O3S. The third-order valence-corrected chi connectivity index (χ3v) is 4.35. The predicted octanol–water partition coefficient (Wildman–Crippen LogP) is 3.99. The van der Waals surface area contributed by atoms with Gasteiger partial charge in [0.2, 0.25) is 0 Å². The van der Waals surface area contributed by atoms with Gasteiger partial charge in [0, 0.05) is 0 Å². The van der Waals surface area contributed by atoms with Gasteiger partial charge in [-0.25, -0.2) is 4.99 Å². The minimum Gasteiger partial charge on any atom is -0.497 e. The van der Waals surface area contributed by atoms with Crippen molar-refractivity contribution in [1.82, 2.24) is 5.32 Å². The molecule has 1 N–H and O–H groups in total. The first-order chi connectivity index (χ1) is 12.2. The molecule has 0 aromatic heterocycles. The molecule has 1 saturated heterocycles. The van der Waals surface area contributed by atoms with Crippen molar-refractivity contribution in [2.24, 2.45) is 4.99 Å². The number of ether oxygens (including phenoxy) is 2. The first-order valence-corrected chi connectivity index (χ1v) is 8.66. The Hall–Kier alpha value is -2.73. The summed E-state index contributed by atoms with van der Waals surface area (Å²) in [6.45, 7) is 2.56. The molecule has 1 aliphatic heterocycles. The molecule has 5 nitrogen and oxygen atoms in total. The van der Waals surface area contributed by atoms with E-state index in [1.165, 1.54) is 11.8 Å². The molecule has 6 heteroatoms. The van der Waals surface area contributed by atoms with E-state index in [0.29, 0.717) is 16.7 Å². The number of hydrogen-bond donors (Lipinski definition) is 1. The van der Waals surface area contributed by atoms with Crippen LogP contribution in [-0.4, -0.2) is 24.8 Å². The zero-order chi connectivity index (χ0) is 17.6. The largest absolute Gasteiger partial charge is 0.497 e. The number of methoxy groups -OCH3 is 1. The van der Waals surface area contributed by atoms with Crippen LogP contribution in [0, 0.1) is 0 Å². The van der Waals surface area contributed by atoms with Gasteiger partial charge in [0.05, 0.1) is 24.3 Å². The summed E-state index contributed by atoms with van der Waals surface area (Å²) in [5.41, 5.74) is 1.69. The summed E-state index contributed by atoms with van der Waals surface area (Å²) >= 11 is 1.32. The van der Waals surface area contributed by atoms with Gasteiger partial charge < -0.3 is 14.8 Å². The van der Waals surface area contributed by atoms with Crippen LogP contribution in [0.1, 0.15) is 12.5 Å². The summed E-state index contributed by atoms with van der Waals surface area (Å²) in [4.78, 5) is 17.2. The Morgan fingerprint density at radius 2 is 1.76 bits per heavy atom. The highest BCUT2D eigenvalue weighted by molar-refractivity contribution is 8.18. The predicted molar refractivity (Wildman–Crippen MR) is 101 cm³/mol. The van der Waals surface area contributed by atoms with Crippen LogP contribution in [0.15, 0.2) is 58.4 Å². The van der Waals surface area contributed by atoms with Crippen molar-refractivity contribution in [3.63, 3.8) is 0 Å². The van der Waals surface area contributed by atoms with E-state index in [2.05, 4.69) is 10.3 Å². The van der Waals surface area contributed by atoms with Crippen molar-refractivity contribution < 1.29 is 14.3 Å². The van der Waals surface area contributed by atoms with Crippen molar-refractivity contribution >= 4 is 34.6 Å². The number of nitrogens with one attached hydrogen (secondary N) is 1. The van der Waals surface area contributed by atoms with Crippen LogP contribution < -0.4 is 14.8 Å². The SMILES string of the molecule is CCOc1ccc(N=C2NC(=O)/C(=C/c3ccc(OC)cc3)S2)cc1. The third-order valence-electron chi connectivity index (χ3n) is 3.44. The van der Waals surface area contributed by atoms with E-state index in [0.717, 1.165) is 22.7 Å². The maximum absolute atomic E-state index is 12.1. The number of amides is 1. The Kier molecular flexibility index (Phi) is 5.40. The Labute approximate surface area is 150 Å². The molecular weight excluding hydrogens is 336 g/mol. The molecule has 1 heterocycles. The molecule has 1 amide bonds. The van der Waals surface area contributed by atoms with E-state index in [9.17, 15) is 4.79 Å². The minimum absolute atomic E-state index is 0.148. The lowest BCUT2D eigenvalue weighted by Crippen LogP contribution is -2.19. The van der Waals surface area contributed by atoms with Gasteiger partial charge in [-0.1, -0.05) is 12.1 Å². The fraction of sp³-hybridized carbons (Fsp3) is 0.158. The summed E-state index contributed by atoms with van der Waals surface area (Å²) in [5.74, 6) is 1.43. The molecule has 1 fully saturated rings. The highest BCUT2D eigenvalue weighted by atomic mass is 32.2. The van der Waals surface area contributed by atoms with Crippen LogP contribution in [0.4, 0.5) is 5.69 Å². The van der Waals surface area contributed by atoms with Crippen LogP contribution in [0.2, 0.25) is 0 Å². The van der Waals surface area contributed by atoms with Crippen molar-refractivity contribution in [3.05, 3.63) is 59.0 Å². The third kappa shape index (κ3) is 4.42. The molecule has 3 rings (SSSR count). The van der Waals surface area contributed by atoms with E-state index in [1.54, 1.807) is 7.11 Å². The molecule has 128 valence electrons. The highest BCUT2D eigenvalue weighted by Gasteiger charge is 2.23. The average Bonchev–Trinajstić information content (AvgIpc) is 2.97. The zero-order valence-corrected chi connectivity index (χ0v) is 14.8. The number of carbonyl (C=O) groups excluding carboxylic acids is 1. The second-order valence-electron chi connectivity index (χ2n) is 5.18. The lowest BCUT2D eigenvalue weighted by atomic mass is 10.2. The van der Waals surface area contributed by atoms with Crippen LogP contribution in [0.3, 0.4) is 0 Å². The van der Waals surface area contributed by atoms with Gasteiger partial charge in [-0.05, 0) is 66.7 Å². The highest BCUT2D eigenvalue weighted by Crippen LogP contribution is 2.29. The molecule has 0 saturated carbocycles. The molecule has 0 bridgehead atoms. The first-order valence-electron chi connectivity index (χ1n) is 7.84. The zero-order valence-electron chi connectivity index (χ0n) is 14.0. The van der Waals surface area contributed by atoms with E-state index in [1.807, 2.05) is 61.5 Å². The van der Waals surface area contributed by atoms with Gasteiger partial charge in [-0.15, -0.1) is 0 Å². The molecule has 0 atom stereocenters. The summed E-state index contributed by atoms with van der Waals surface area (Å²) in [5, 5.41) is 3.35. The van der Waals surface area contributed by atoms with E-state index in [4.69, 9.17) is 9.47 Å². The van der Waals surface area contributed by atoms with Crippen LogP contribution in [-0.2, 0) is 4.79 Å². The van der Waals surface area contributed by atoms with Gasteiger partial charge in [-0.2, -0.15) is 0 Å². The molecule has 0 unspecified atom stereocenters. The number of rotatable bonds is 5. The van der Waals surface area contributed by atoms with Gasteiger partial charge in [0.15, 0.2) is 5.17 Å². The Balaban J connectivity index is 1.73. The standard InChI is InChI=1S/C19H18N2O3S/c1-3-24-16-10-6-14(7-11-16)20-19-21-18(22)17(25-19)12-13-4-8-15(23-2)9-5-13/h4-12H,3H2,1-2H3,(H,20,21,22)/b17-12-. The van der Waals surface area contributed by atoms with E-state index >= 15 is 0 Å². The fourth-order valence-electron chi connectivity index (χ4n) is 2.23. The maximum Gasteiger partial charge on any atom is 0.264 e. The van der Waals surface area contributed by atoms with Gasteiger partial charge in [-0.3, -0.25) is 4.79 Å². The van der Waals surface area contributed by atoms with Crippen molar-refractivity contribution in [1.29, 1.82) is 0 Å². The molecule has 0 spiro atoms. The monoisotopic (exact) mass is 354 g/mol. The van der Waals surface area contributed by atoms with Crippen LogP contribution >= 0.6 is 11.8 Å². The smallest absolute Gasteiger partial charge is 0.264 e.